The molecule has 2 rings (SSSR count). The van der Waals surface area contributed by atoms with Crippen LogP contribution in [0, 0.1) is 5.92 Å². The van der Waals surface area contributed by atoms with Crippen LogP contribution < -0.4 is 10.6 Å². The van der Waals surface area contributed by atoms with Gasteiger partial charge in [-0.2, -0.15) is 13.2 Å². The first kappa shape index (κ1) is 17.7. The zero-order valence-corrected chi connectivity index (χ0v) is 13.2. The van der Waals surface area contributed by atoms with Crippen molar-refractivity contribution in [2.75, 3.05) is 17.2 Å². The Morgan fingerprint density at radius 3 is 2.12 bits per heavy atom. The first-order valence-electron chi connectivity index (χ1n) is 7.32. The zero-order valence-electron chi connectivity index (χ0n) is 13.2. The smallest absolute Gasteiger partial charge is 0.368 e. The highest BCUT2D eigenvalue weighted by molar-refractivity contribution is 6.03. The van der Waals surface area contributed by atoms with Crippen molar-refractivity contribution in [2.45, 2.75) is 20.0 Å². The first-order chi connectivity index (χ1) is 11.3. The van der Waals surface area contributed by atoms with Gasteiger partial charge in [0.1, 0.15) is 5.82 Å². The van der Waals surface area contributed by atoms with Gasteiger partial charge in [0.15, 0.2) is 5.82 Å². The minimum atomic E-state index is -4.43. The van der Waals surface area contributed by atoms with E-state index in [1.807, 2.05) is 0 Å². The standard InChI is InChI=1S/C16H17F3N4O/c1-10(2)9-20-13-7-8-14(23-22-13)21-15(24)11-3-5-12(6-4-11)16(17,18)19/h3-8,10H,9H2,1-2H3,(H,20,22)(H,21,23,24). The largest absolute Gasteiger partial charge is 0.416 e. The van der Waals surface area contributed by atoms with Crippen LogP contribution in [0.25, 0.3) is 0 Å². The molecule has 0 aliphatic heterocycles. The summed E-state index contributed by atoms with van der Waals surface area (Å²) in [6, 6.07) is 7.18. The number of hydrogen-bond donors (Lipinski definition) is 2. The van der Waals surface area contributed by atoms with Gasteiger partial charge in [-0.3, -0.25) is 4.79 Å². The predicted octanol–water partition coefficient (Wildman–Crippen LogP) is 3.82. The van der Waals surface area contributed by atoms with Crippen molar-refractivity contribution in [2.24, 2.45) is 5.92 Å². The summed E-state index contributed by atoms with van der Waals surface area (Å²) >= 11 is 0. The maximum absolute atomic E-state index is 12.5. The number of anilines is 2. The van der Waals surface area contributed by atoms with Gasteiger partial charge in [-0.15, -0.1) is 10.2 Å². The zero-order chi connectivity index (χ0) is 17.7. The number of hydrogen-bond acceptors (Lipinski definition) is 4. The molecule has 0 atom stereocenters. The molecule has 128 valence electrons. The van der Waals surface area contributed by atoms with Crippen molar-refractivity contribution in [3.05, 3.63) is 47.5 Å². The fourth-order valence-corrected chi connectivity index (χ4v) is 1.80. The SMILES string of the molecule is CC(C)CNc1ccc(NC(=O)c2ccc(C(F)(F)F)cc2)nn1. The number of benzene rings is 1. The quantitative estimate of drug-likeness (QED) is 0.870. The topological polar surface area (TPSA) is 66.9 Å². The minimum Gasteiger partial charge on any atom is -0.368 e. The van der Waals surface area contributed by atoms with Gasteiger partial charge in [0.25, 0.3) is 5.91 Å². The second-order valence-corrected chi connectivity index (χ2v) is 5.61. The van der Waals surface area contributed by atoms with Crippen molar-refractivity contribution in [3.8, 4) is 0 Å². The molecule has 0 bridgehead atoms. The van der Waals surface area contributed by atoms with Crippen LogP contribution in [0.5, 0.6) is 0 Å². The van der Waals surface area contributed by atoms with E-state index in [-0.39, 0.29) is 11.4 Å². The van der Waals surface area contributed by atoms with E-state index < -0.39 is 17.6 Å². The van der Waals surface area contributed by atoms with E-state index in [1.54, 1.807) is 12.1 Å². The molecule has 0 aliphatic rings. The molecule has 0 saturated carbocycles. The lowest BCUT2D eigenvalue weighted by Gasteiger charge is -2.09. The van der Waals surface area contributed by atoms with Crippen LogP contribution in [0.15, 0.2) is 36.4 Å². The molecule has 0 fully saturated rings. The molecule has 0 radical (unpaired) electrons. The maximum atomic E-state index is 12.5. The van der Waals surface area contributed by atoms with E-state index >= 15 is 0 Å². The summed E-state index contributed by atoms with van der Waals surface area (Å²) in [5, 5.41) is 13.3. The molecule has 1 amide bonds. The monoisotopic (exact) mass is 338 g/mol. The van der Waals surface area contributed by atoms with Gasteiger partial charge in [0.2, 0.25) is 0 Å². The van der Waals surface area contributed by atoms with Crippen molar-refractivity contribution in [1.82, 2.24) is 10.2 Å². The van der Waals surface area contributed by atoms with E-state index in [1.165, 1.54) is 0 Å². The Balaban J connectivity index is 1.99. The molecule has 0 saturated heterocycles. The van der Waals surface area contributed by atoms with Crippen LogP contribution in [0.2, 0.25) is 0 Å². The Labute approximate surface area is 137 Å². The summed E-state index contributed by atoms with van der Waals surface area (Å²) in [6.07, 6.45) is -4.43. The molecule has 1 aromatic heterocycles. The third-order valence-electron chi connectivity index (χ3n) is 3.07. The third-order valence-corrected chi connectivity index (χ3v) is 3.07. The van der Waals surface area contributed by atoms with Gasteiger partial charge in [0.05, 0.1) is 5.56 Å². The van der Waals surface area contributed by atoms with E-state index in [9.17, 15) is 18.0 Å². The van der Waals surface area contributed by atoms with Gasteiger partial charge < -0.3 is 10.6 Å². The fourth-order valence-electron chi connectivity index (χ4n) is 1.80. The van der Waals surface area contributed by atoms with Gasteiger partial charge in [-0.1, -0.05) is 13.8 Å². The number of nitrogens with one attached hydrogen (secondary N) is 2. The molecule has 0 aliphatic carbocycles. The molecule has 2 aromatic rings. The Bertz CT molecular complexity index is 682. The number of alkyl halides is 3. The Morgan fingerprint density at radius 2 is 1.62 bits per heavy atom. The second-order valence-electron chi connectivity index (χ2n) is 5.61. The van der Waals surface area contributed by atoms with Crippen LogP contribution in [-0.4, -0.2) is 22.6 Å². The van der Waals surface area contributed by atoms with Gasteiger partial charge in [-0.25, -0.2) is 0 Å². The third kappa shape index (κ3) is 4.94. The van der Waals surface area contributed by atoms with Gasteiger partial charge in [-0.05, 0) is 42.3 Å². The Morgan fingerprint density at radius 1 is 1.04 bits per heavy atom. The molecule has 1 aromatic carbocycles. The Kier molecular flexibility index (Phi) is 5.38. The predicted molar refractivity (Wildman–Crippen MR) is 84.8 cm³/mol. The van der Waals surface area contributed by atoms with Crippen molar-refractivity contribution in [3.63, 3.8) is 0 Å². The lowest BCUT2D eigenvalue weighted by atomic mass is 10.1. The number of amides is 1. The van der Waals surface area contributed by atoms with E-state index in [0.29, 0.717) is 11.7 Å². The number of nitrogens with zero attached hydrogens (tertiary/aromatic N) is 2. The summed E-state index contributed by atoms with van der Waals surface area (Å²) in [5.41, 5.74) is -0.703. The normalized spacial score (nSPS) is 11.4. The summed E-state index contributed by atoms with van der Waals surface area (Å²) < 4.78 is 37.5. The average Bonchev–Trinajstić information content (AvgIpc) is 2.53. The first-order valence-corrected chi connectivity index (χ1v) is 7.32. The van der Waals surface area contributed by atoms with Gasteiger partial charge in [0, 0.05) is 12.1 Å². The molecule has 8 heteroatoms. The molecular formula is C16H17F3N4O. The van der Waals surface area contributed by atoms with Crippen molar-refractivity contribution >= 4 is 17.5 Å². The van der Waals surface area contributed by atoms with E-state index in [2.05, 4.69) is 34.7 Å². The minimum absolute atomic E-state index is 0.104. The maximum Gasteiger partial charge on any atom is 0.416 e. The fraction of sp³-hybridized carbons (Fsp3) is 0.312. The number of carbonyl (C=O) groups is 1. The number of halogens is 3. The Hall–Kier alpha value is -2.64. The van der Waals surface area contributed by atoms with Crippen molar-refractivity contribution in [1.29, 1.82) is 0 Å². The molecule has 1 heterocycles. The molecular weight excluding hydrogens is 321 g/mol. The lowest BCUT2D eigenvalue weighted by Crippen LogP contribution is -2.15. The van der Waals surface area contributed by atoms with Crippen LogP contribution >= 0.6 is 0 Å². The second kappa shape index (κ2) is 7.29. The lowest BCUT2D eigenvalue weighted by molar-refractivity contribution is -0.137. The van der Waals surface area contributed by atoms with Crippen LogP contribution in [0.3, 0.4) is 0 Å². The van der Waals surface area contributed by atoms with E-state index in [4.69, 9.17) is 0 Å². The molecule has 2 N–H and O–H groups in total. The molecule has 5 nitrogen and oxygen atoms in total. The number of aromatic nitrogens is 2. The molecule has 24 heavy (non-hydrogen) atoms. The van der Waals surface area contributed by atoms with Crippen LogP contribution in [-0.2, 0) is 6.18 Å². The van der Waals surface area contributed by atoms with Gasteiger partial charge >= 0.3 is 6.18 Å². The highest BCUT2D eigenvalue weighted by Gasteiger charge is 2.30. The van der Waals surface area contributed by atoms with Crippen molar-refractivity contribution < 1.29 is 18.0 Å². The summed E-state index contributed by atoms with van der Waals surface area (Å²) in [7, 11) is 0. The van der Waals surface area contributed by atoms with E-state index in [0.717, 1.165) is 30.8 Å². The number of carbonyl (C=O) groups excluding carboxylic acids is 1. The summed E-state index contributed by atoms with van der Waals surface area (Å²) in [5.74, 6) is 0.693. The highest BCUT2D eigenvalue weighted by Crippen LogP contribution is 2.29. The highest BCUT2D eigenvalue weighted by atomic mass is 19.4. The summed E-state index contributed by atoms with van der Waals surface area (Å²) in [4.78, 5) is 12.0. The molecule has 0 unspecified atom stereocenters. The number of rotatable bonds is 5. The van der Waals surface area contributed by atoms with Crippen LogP contribution in [0.1, 0.15) is 29.8 Å². The average molecular weight is 338 g/mol. The summed E-state index contributed by atoms with van der Waals surface area (Å²) in [6.45, 7) is 4.85. The molecule has 0 spiro atoms. The van der Waals surface area contributed by atoms with Crippen LogP contribution in [0.4, 0.5) is 24.8 Å².